The zero-order chi connectivity index (χ0) is 32.0. The number of carbonyl (C=O) groups is 1. The van der Waals surface area contributed by atoms with Crippen LogP contribution in [0.5, 0.6) is 0 Å². The first-order chi connectivity index (χ1) is 21.7. The highest BCUT2D eigenvalue weighted by Crippen LogP contribution is 2.30. The molecule has 46 heavy (non-hydrogen) atoms. The third kappa shape index (κ3) is 7.92. The van der Waals surface area contributed by atoms with Gasteiger partial charge in [0.2, 0.25) is 0 Å². The number of unbranched alkanes of at least 4 members (excludes halogenated alkanes) is 1. The topological polar surface area (TPSA) is 82.8 Å². The number of esters is 1. The molecule has 8 nitrogen and oxygen atoms in total. The van der Waals surface area contributed by atoms with E-state index in [1.807, 2.05) is 12.1 Å². The van der Waals surface area contributed by atoms with Crippen molar-refractivity contribution >= 4 is 40.9 Å². The number of rotatable bonds is 12. The number of carbonyl (C=O) groups excluding carboxylic acids is 1. The Morgan fingerprint density at radius 2 is 1.50 bits per heavy atom. The molecule has 0 N–H and O–H groups in total. The maximum atomic E-state index is 13.7. The number of fused-ring (bicyclic) bond motifs is 1. The summed E-state index contributed by atoms with van der Waals surface area (Å²) in [5.74, 6) is -0.636. The van der Waals surface area contributed by atoms with E-state index in [1.54, 1.807) is 29.7 Å². The van der Waals surface area contributed by atoms with Crippen molar-refractivity contribution in [3.8, 4) is 0 Å². The molecule has 5 rings (SSSR count). The third-order valence-electron chi connectivity index (χ3n) is 8.61. The van der Waals surface area contributed by atoms with Crippen molar-refractivity contribution in [3.63, 3.8) is 0 Å². The normalized spacial score (nSPS) is 14.4. The summed E-state index contributed by atoms with van der Waals surface area (Å²) in [6, 6.07) is 25.7. The van der Waals surface area contributed by atoms with Crippen molar-refractivity contribution in [1.29, 1.82) is 0 Å². The summed E-state index contributed by atoms with van der Waals surface area (Å²) in [6.07, 6.45) is 3.60. The van der Waals surface area contributed by atoms with E-state index >= 15 is 0 Å². The Hall–Kier alpha value is -3.43. The van der Waals surface area contributed by atoms with Gasteiger partial charge in [0.25, 0.3) is 5.56 Å². The lowest BCUT2D eigenvalue weighted by Gasteiger charge is -2.34. The molecule has 1 aliphatic heterocycles. The molecule has 10 heteroatoms. The second kappa shape index (κ2) is 15.9. The van der Waals surface area contributed by atoms with Gasteiger partial charge < -0.3 is 14.4 Å². The fraction of sp³-hybridized carbons (Fsp3) is 0.417. The fourth-order valence-electron chi connectivity index (χ4n) is 6.13. The van der Waals surface area contributed by atoms with Crippen molar-refractivity contribution in [2.45, 2.75) is 70.7 Å². The van der Waals surface area contributed by atoms with Gasteiger partial charge in [0, 0.05) is 24.7 Å². The Balaban J connectivity index is 0.00000480. The summed E-state index contributed by atoms with van der Waals surface area (Å²) in [6.45, 7) is 8.10. The monoisotopic (exact) mass is 667 g/mol. The maximum Gasteiger partial charge on any atom is 0.332 e. The van der Waals surface area contributed by atoms with Gasteiger partial charge >= 0.3 is 11.7 Å². The molecule has 0 saturated carbocycles. The van der Waals surface area contributed by atoms with Gasteiger partial charge in [-0.25, -0.2) is 14.2 Å². The highest BCUT2D eigenvalue weighted by molar-refractivity contribution is 6.31. The molecule has 3 aromatic carbocycles. The lowest BCUT2D eigenvalue weighted by atomic mass is 10.00. The Labute approximate surface area is 281 Å². The Morgan fingerprint density at radius 1 is 0.913 bits per heavy atom. The Bertz CT molecular complexity index is 1680. The molecule has 1 fully saturated rings. The molecule has 0 amide bonds. The summed E-state index contributed by atoms with van der Waals surface area (Å²) in [4.78, 5) is 42.4. The average Bonchev–Trinajstić information content (AvgIpc) is 3.05. The standard InChI is InChI=1S/C36H42ClN3O5.ClH/c1-4-44-34(42)36(2,3)40-33(41)30-25-28(37)17-18-31(30)39(35(40)43)22-12-11-21-38-23-19-29(20-24-38)45-32(26-13-7-5-8-14-26)27-15-9-6-10-16-27;/h5-10,13-18,25,29,32H,4,11-12,19-24H2,1-3H3;1H. The first-order valence-electron chi connectivity index (χ1n) is 15.8. The predicted molar refractivity (Wildman–Crippen MR) is 185 cm³/mol. The zero-order valence-corrected chi connectivity index (χ0v) is 28.3. The highest BCUT2D eigenvalue weighted by atomic mass is 35.5. The van der Waals surface area contributed by atoms with Crippen LogP contribution in [-0.2, 0) is 26.4 Å². The summed E-state index contributed by atoms with van der Waals surface area (Å²) in [7, 11) is 0. The Kier molecular flexibility index (Phi) is 12.3. The zero-order valence-electron chi connectivity index (χ0n) is 26.7. The van der Waals surface area contributed by atoms with Crippen LogP contribution in [0.1, 0.15) is 63.7 Å². The second-order valence-electron chi connectivity index (χ2n) is 12.1. The van der Waals surface area contributed by atoms with Gasteiger partial charge in [-0.2, -0.15) is 0 Å². The predicted octanol–water partition coefficient (Wildman–Crippen LogP) is 6.59. The first kappa shape index (κ1) is 35.4. The SMILES string of the molecule is CCOC(=O)C(C)(C)n1c(=O)c2cc(Cl)ccc2n(CCCCN2CCC(OC(c3ccccc3)c3ccccc3)CC2)c1=O.Cl. The van der Waals surface area contributed by atoms with Crippen LogP contribution in [0.3, 0.4) is 0 Å². The number of piperidine rings is 1. The lowest BCUT2D eigenvalue weighted by molar-refractivity contribution is -0.152. The summed E-state index contributed by atoms with van der Waals surface area (Å²) < 4.78 is 14.5. The minimum Gasteiger partial charge on any atom is -0.464 e. The minimum atomic E-state index is -1.48. The van der Waals surface area contributed by atoms with Gasteiger partial charge in [0.15, 0.2) is 0 Å². The number of aryl methyl sites for hydroxylation is 1. The van der Waals surface area contributed by atoms with E-state index < -0.39 is 22.8 Å². The van der Waals surface area contributed by atoms with Crippen LogP contribution in [0.15, 0.2) is 88.5 Å². The highest BCUT2D eigenvalue weighted by Gasteiger charge is 2.36. The molecule has 246 valence electrons. The van der Waals surface area contributed by atoms with Gasteiger partial charge in [-0.3, -0.25) is 9.36 Å². The van der Waals surface area contributed by atoms with Crippen molar-refractivity contribution < 1.29 is 14.3 Å². The third-order valence-corrected chi connectivity index (χ3v) is 8.85. The first-order valence-corrected chi connectivity index (χ1v) is 16.2. The number of benzene rings is 3. The number of hydrogen-bond donors (Lipinski definition) is 0. The molecule has 0 radical (unpaired) electrons. The Morgan fingerprint density at radius 3 is 2.09 bits per heavy atom. The summed E-state index contributed by atoms with van der Waals surface area (Å²) in [5, 5.41) is 0.683. The average molecular weight is 669 g/mol. The molecule has 1 aliphatic rings. The molecule has 1 aromatic heterocycles. The van der Waals surface area contributed by atoms with Crippen LogP contribution in [0.25, 0.3) is 10.9 Å². The molecule has 0 bridgehead atoms. The van der Waals surface area contributed by atoms with E-state index in [0.717, 1.165) is 61.0 Å². The van der Waals surface area contributed by atoms with Gasteiger partial charge in [-0.1, -0.05) is 72.3 Å². The molecule has 0 unspecified atom stereocenters. The number of likely N-dealkylation sites (tertiary alicyclic amines) is 1. The summed E-state index contributed by atoms with van der Waals surface area (Å²) >= 11 is 6.23. The van der Waals surface area contributed by atoms with Crippen molar-refractivity contribution in [1.82, 2.24) is 14.0 Å². The number of ether oxygens (including phenoxy) is 2. The molecule has 0 spiro atoms. The van der Waals surface area contributed by atoms with E-state index in [0.29, 0.717) is 22.5 Å². The molecule has 2 heterocycles. The lowest BCUT2D eigenvalue weighted by Crippen LogP contribution is -2.53. The maximum absolute atomic E-state index is 13.7. The summed E-state index contributed by atoms with van der Waals surface area (Å²) in [5.41, 5.74) is 0.265. The minimum absolute atomic E-state index is 0. The number of aromatic nitrogens is 2. The van der Waals surface area contributed by atoms with Crippen LogP contribution < -0.4 is 11.2 Å². The molecular weight excluding hydrogens is 625 g/mol. The van der Waals surface area contributed by atoms with E-state index in [1.165, 1.54) is 13.8 Å². The van der Waals surface area contributed by atoms with Gasteiger partial charge in [-0.05, 0) is 82.3 Å². The smallest absolute Gasteiger partial charge is 0.332 e. The molecule has 4 aromatic rings. The molecular formula is C36H43Cl2N3O5. The second-order valence-corrected chi connectivity index (χ2v) is 12.5. The van der Waals surface area contributed by atoms with Gasteiger partial charge in [-0.15, -0.1) is 12.4 Å². The number of hydrogen-bond acceptors (Lipinski definition) is 6. The number of nitrogens with zero attached hydrogens (tertiary/aromatic N) is 3. The van der Waals surface area contributed by atoms with E-state index in [-0.39, 0.29) is 31.2 Å². The van der Waals surface area contributed by atoms with Crippen LogP contribution in [0.4, 0.5) is 0 Å². The largest absolute Gasteiger partial charge is 0.464 e. The van der Waals surface area contributed by atoms with Crippen molar-refractivity contribution in [3.05, 3.63) is 116 Å². The van der Waals surface area contributed by atoms with Crippen molar-refractivity contribution in [2.24, 2.45) is 0 Å². The van der Waals surface area contributed by atoms with Crippen LogP contribution >= 0.6 is 24.0 Å². The van der Waals surface area contributed by atoms with E-state index in [2.05, 4.69) is 53.4 Å². The van der Waals surface area contributed by atoms with Crippen LogP contribution in [0.2, 0.25) is 5.02 Å². The number of halogens is 2. The van der Waals surface area contributed by atoms with Gasteiger partial charge in [0.05, 0.1) is 23.6 Å². The quantitative estimate of drug-likeness (QED) is 0.125. The molecule has 0 aliphatic carbocycles. The van der Waals surface area contributed by atoms with Crippen LogP contribution in [0, 0.1) is 0 Å². The van der Waals surface area contributed by atoms with E-state index in [9.17, 15) is 14.4 Å². The van der Waals surface area contributed by atoms with Gasteiger partial charge in [0.1, 0.15) is 11.6 Å². The molecule has 0 atom stereocenters. The van der Waals surface area contributed by atoms with E-state index in [4.69, 9.17) is 21.1 Å². The molecule has 1 saturated heterocycles. The fourth-order valence-corrected chi connectivity index (χ4v) is 6.30. The van der Waals surface area contributed by atoms with Crippen LogP contribution in [-0.4, -0.2) is 52.3 Å². The van der Waals surface area contributed by atoms with Crippen molar-refractivity contribution in [2.75, 3.05) is 26.2 Å².